The van der Waals surface area contributed by atoms with Gasteiger partial charge in [-0.15, -0.1) is 0 Å². The largest absolute Gasteiger partial charge is 0.383 e. The Kier molecular flexibility index (Phi) is 4.44. The third-order valence-corrected chi connectivity index (χ3v) is 2.36. The summed E-state index contributed by atoms with van der Waals surface area (Å²) in [6.45, 7) is 0.486. The Bertz CT molecular complexity index is 397. The summed E-state index contributed by atoms with van der Waals surface area (Å²) < 4.78 is 31.4. The van der Waals surface area contributed by atoms with Crippen LogP contribution in [-0.2, 0) is 20.9 Å². The molecule has 0 bridgehead atoms. The van der Waals surface area contributed by atoms with Crippen molar-refractivity contribution in [3.05, 3.63) is 29.8 Å². The second kappa shape index (κ2) is 5.39. The molecular weight excluding hydrogens is 236 g/mol. The molecule has 84 valence electrons. The van der Waals surface area contributed by atoms with E-state index in [1.165, 1.54) is 12.0 Å². The fourth-order valence-electron chi connectivity index (χ4n) is 0.943. The van der Waals surface area contributed by atoms with Crippen molar-refractivity contribution in [3.63, 3.8) is 0 Å². The maximum atomic E-state index is 10.8. The van der Waals surface area contributed by atoms with Crippen LogP contribution in [0.25, 0.3) is 0 Å². The minimum Gasteiger partial charge on any atom is -0.383 e. The predicted octanol–water partition coefficient (Wildman–Crippen LogP) is 1.82. The molecule has 0 atom stereocenters. The van der Waals surface area contributed by atoms with E-state index in [2.05, 4.69) is 4.18 Å². The summed E-state index contributed by atoms with van der Waals surface area (Å²) in [5.41, 5.74) is 0.963. The first-order valence-corrected chi connectivity index (χ1v) is 7.12. The van der Waals surface area contributed by atoms with E-state index >= 15 is 0 Å². The Morgan fingerprint density at radius 3 is 2.33 bits per heavy atom. The first kappa shape index (κ1) is 12.4. The van der Waals surface area contributed by atoms with Crippen LogP contribution in [0, 0.1) is 0 Å². The van der Waals surface area contributed by atoms with Gasteiger partial charge in [0.1, 0.15) is 5.75 Å². The van der Waals surface area contributed by atoms with E-state index in [4.69, 9.17) is 4.18 Å². The monoisotopic (exact) mass is 248 g/mol. The highest BCUT2D eigenvalue weighted by Crippen LogP contribution is 2.15. The van der Waals surface area contributed by atoms with Crippen molar-refractivity contribution in [2.24, 2.45) is 0 Å². The van der Waals surface area contributed by atoms with E-state index in [-0.39, 0.29) is 0 Å². The lowest BCUT2D eigenvalue weighted by Gasteiger charge is -2.04. The van der Waals surface area contributed by atoms with Gasteiger partial charge < -0.3 is 8.37 Å². The van der Waals surface area contributed by atoms with Gasteiger partial charge in [0.25, 0.3) is 0 Å². The zero-order valence-corrected chi connectivity index (χ0v) is 10.1. The van der Waals surface area contributed by atoms with Crippen molar-refractivity contribution in [2.75, 3.05) is 12.5 Å². The first-order chi connectivity index (χ1) is 7.01. The van der Waals surface area contributed by atoms with Gasteiger partial charge in [-0.3, -0.25) is 0 Å². The minimum atomic E-state index is -3.44. The lowest BCUT2D eigenvalue weighted by Crippen LogP contribution is -2.05. The average Bonchev–Trinajstić information content (AvgIpc) is 2.14. The third-order valence-electron chi connectivity index (χ3n) is 1.51. The highest BCUT2D eigenvalue weighted by Gasteiger charge is 2.03. The molecule has 0 aliphatic rings. The molecule has 0 spiro atoms. The van der Waals surface area contributed by atoms with Crippen LogP contribution in [0.3, 0.4) is 0 Å². The lowest BCUT2D eigenvalue weighted by atomic mass is 10.2. The Morgan fingerprint density at radius 1 is 1.27 bits per heavy atom. The molecule has 1 aromatic rings. The van der Waals surface area contributed by atoms with E-state index in [0.717, 1.165) is 11.8 Å². The molecule has 0 fully saturated rings. The number of rotatable bonds is 5. The Morgan fingerprint density at radius 2 is 1.87 bits per heavy atom. The molecule has 0 aliphatic carbocycles. The van der Waals surface area contributed by atoms with Crippen LogP contribution >= 0.6 is 12.0 Å². The zero-order valence-electron chi connectivity index (χ0n) is 8.47. The highest BCUT2D eigenvalue weighted by molar-refractivity contribution is 7.93. The molecule has 0 amide bonds. The molecule has 1 rings (SSSR count). The SMILES string of the molecule is CSOCc1ccc(OS(C)(=O)=O)cc1. The lowest BCUT2D eigenvalue weighted by molar-refractivity contribution is 0.366. The fraction of sp³-hybridized carbons (Fsp3) is 0.333. The van der Waals surface area contributed by atoms with Gasteiger partial charge in [0, 0.05) is 6.26 Å². The standard InChI is InChI=1S/C9H12O4S2/c1-14-12-7-8-3-5-9(6-4-8)13-15(2,10)11/h3-6H,7H2,1-2H3. The van der Waals surface area contributed by atoms with Gasteiger partial charge in [-0.25, -0.2) is 0 Å². The summed E-state index contributed by atoms with van der Waals surface area (Å²) in [5, 5.41) is 0. The van der Waals surface area contributed by atoms with Crippen LogP contribution in [0.1, 0.15) is 5.56 Å². The topological polar surface area (TPSA) is 52.6 Å². The summed E-state index contributed by atoms with van der Waals surface area (Å²) in [6.07, 6.45) is 2.85. The summed E-state index contributed by atoms with van der Waals surface area (Å²) in [5.74, 6) is 0.311. The summed E-state index contributed by atoms with van der Waals surface area (Å²) >= 11 is 1.28. The quantitative estimate of drug-likeness (QED) is 0.587. The number of benzene rings is 1. The molecule has 0 heterocycles. The highest BCUT2D eigenvalue weighted by atomic mass is 32.2. The molecule has 0 unspecified atom stereocenters. The van der Waals surface area contributed by atoms with Gasteiger partial charge in [-0.1, -0.05) is 12.1 Å². The first-order valence-electron chi connectivity index (χ1n) is 4.15. The minimum absolute atomic E-state index is 0.311. The maximum absolute atomic E-state index is 10.8. The van der Waals surface area contributed by atoms with E-state index in [1.54, 1.807) is 24.3 Å². The summed E-state index contributed by atoms with van der Waals surface area (Å²) in [4.78, 5) is 0. The van der Waals surface area contributed by atoms with Gasteiger partial charge in [0.15, 0.2) is 0 Å². The molecular formula is C9H12O4S2. The van der Waals surface area contributed by atoms with Gasteiger partial charge in [0.05, 0.1) is 12.9 Å². The average molecular weight is 248 g/mol. The fourth-order valence-corrected chi connectivity index (χ4v) is 1.66. The van der Waals surface area contributed by atoms with Gasteiger partial charge in [0.2, 0.25) is 0 Å². The van der Waals surface area contributed by atoms with Crippen molar-refractivity contribution in [2.45, 2.75) is 6.61 Å². The maximum Gasteiger partial charge on any atom is 0.306 e. The van der Waals surface area contributed by atoms with E-state index < -0.39 is 10.1 Å². The molecule has 4 nitrogen and oxygen atoms in total. The molecule has 0 aliphatic heterocycles. The van der Waals surface area contributed by atoms with E-state index in [9.17, 15) is 8.42 Å². The molecule has 6 heteroatoms. The molecule has 0 aromatic heterocycles. The van der Waals surface area contributed by atoms with Gasteiger partial charge in [-0.05, 0) is 29.7 Å². The van der Waals surface area contributed by atoms with Crippen molar-refractivity contribution < 1.29 is 16.8 Å². The molecule has 0 saturated carbocycles. The second-order valence-corrected chi connectivity index (χ2v) is 5.00. The molecule has 0 N–H and O–H groups in total. The molecule has 0 radical (unpaired) electrons. The molecule has 0 saturated heterocycles. The Hall–Kier alpha value is -0.720. The predicted molar refractivity (Wildman–Crippen MR) is 60.2 cm³/mol. The second-order valence-electron chi connectivity index (χ2n) is 2.86. The van der Waals surface area contributed by atoms with Crippen LogP contribution in [0.4, 0.5) is 0 Å². The van der Waals surface area contributed by atoms with Gasteiger partial charge in [-0.2, -0.15) is 8.42 Å². The van der Waals surface area contributed by atoms with Crippen molar-refractivity contribution in [1.29, 1.82) is 0 Å². The van der Waals surface area contributed by atoms with E-state index in [1.807, 2.05) is 6.26 Å². The Labute approximate surface area is 93.9 Å². The van der Waals surface area contributed by atoms with Crippen LogP contribution in [0.5, 0.6) is 5.75 Å². The normalized spacial score (nSPS) is 11.3. The van der Waals surface area contributed by atoms with Crippen LogP contribution in [-0.4, -0.2) is 20.9 Å². The molecule has 15 heavy (non-hydrogen) atoms. The Balaban J connectivity index is 2.64. The van der Waals surface area contributed by atoms with Crippen LogP contribution < -0.4 is 4.18 Å². The zero-order chi connectivity index (χ0) is 11.3. The van der Waals surface area contributed by atoms with Crippen molar-refractivity contribution >= 4 is 22.2 Å². The third kappa shape index (κ3) is 5.06. The van der Waals surface area contributed by atoms with Gasteiger partial charge >= 0.3 is 10.1 Å². The van der Waals surface area contributed by atoms with E-state index in [0.29, 0.717) is 12.4 Å². The number of hydrogen-bond acceptors (Lipinski definition) is 5. The van der Waals surface area contributed by atoms with Crippen LogP contribution in [0.15, 0.2) is 24.3 Å². The summed E-state index contributed by atoms with van der Waals surface area (Å²) in [6, 6.07) is 6.72. The number of hydrogen-bond donors (Lipinski definition) is 0. The smallest absolute Gasteiger partial charge is 0.306 e. The summed E-state index contributed by atoms with van der Waals surface area (Å²) in [7, 11) is -3.44. The molecule has 1 aromatic carbocycles. The van der Waals surface area contributed by atoms with Crippen LogP contribution in [0.2, 0.25) is 0 Å². The van der Waals surface area contributed by atoms with Crippen molar-refractivity contribution in [3.8, 4) is 5.75 Å². The van der Waals surface area contributed by atoms with Crippen molar-refractivity contribution in [1.82, 2.24) is 0 Å².